The first-order valence-electron chi connectivity index (χ1n) is 8.18. The fourth-order valence-corrected chi connectivity index (χ4v) is 3.47. The number of para-hydroxylation sites is 1. The number of imidazole rings is 1. The molecule has 0 saturated heterocycles. The SMILES string of the molecule is CC1(C)CCc2c(cncc2-c2cn(-c3ccccc3)cn2)C1. The minimum absolute atomic E-state index is 0.372. The van der Waals surface area contributed by atoms with Crippen LogP contribution in [-0.2, 0) is 12.8 Å². The van der Waals surface area contributed by atoms with Gasteiger partial charge in [-0.1, -0.05) is 32.0 Å². The van der Waals surface area contributed by atoms with Crippen molar-refractivity contribution < 1.29 is 0 Å². The quantitative estimate of drug-likeness (QED) is 0.700. The van der Waals surface area contributed by atoms with Crippen molar-refractivity contribution in [1.29, 1.82) is 0 Å². The predicted octanol–water partition coefficient (Wildman–Crippen LogP) is 4.45. The Balaban J connectivity index is 1.74. The van der Waals surface area contributed by atoms with E-state index in [4.69, 9.17) is 0 Å². The maximum absolute atomic E-state index is 4.63. The maximum Gasteiger partial charge on any atom is 0.0999 e. The third-order valence-electron chi connectivity index (χ3n) is 4.78. The van der Waals surface area contributed by atoms with E-state index < -0.39 is 0 Å². The number of hydrogen-bond acceptors (Lipinski definition) is 2. The van der Waals surface area contributed by atoms with Crippen LogP contribution in [0.15, 0.2) is 55.2 Å². The van der Waals surface area contributed by atoms with E-state index in [1.165, 1.54) is 23.1 Å². The summed E-state index contributed by atoms with van der Waals surface area (Å²) in [5, 5.41) is 0. The molecule has 0 saturated carbocycles. The Morgan fingerprint density at radius 2 is 1.91 bits per heavy atom. The van der Waals surface area contributed by atoms with E-state index in [2.05, 4.69) is 46.7 Å². The van der Waals surface area contributed by atoms with Gasteiger partial charge in [0.05, 0.1) is 12.0 Å². The summed E-state index contributed by atoms with van der Waals surface area (Å²) < 4.78 is 2.07. The smallest absolute Gasteiger partial charge is 0.0999 e. The van der Waals surface area contributed by atoms with Crippen molar-refractivity contribution in [3.05, 3.63) is 66.4 Å². The lowest BCUT2D eigenvalue weighted by Gasteiger charge is -2.31. The summed E-state index contributed by atoms with van der Waals surface area (Å²) in [6.45, 7) is 4.68. The molecule has 3 heteroatoms. The standard InChI is InChI=1S/C20H21N3/c1-20(2)9-8-17-15(10-20)11-21-12-18(17)19-13-23(14-22-19)16-6-4-3-5-7-16/h3-7,11-14H,8-10H2,1-2H3. The van der Waals surface area contributed by atoms with E-state index in [-0.39, 0.29) is 0 Å². The highest BCUT2D eigenvalue weighted by Gasteiger charge is 2.27. The molecule has 116 valence electrons. The second kappa shape index (κ2) is 5.34. The number of fused-ring (bicyclic) bond motifs is 1. The van der Waals surface area contributed by atoms with Crippen molar-refractivity contribution in [1.82, 2.24) is 14.5 Å². The molecule has 0 radical (unpaired) electrons. The minimum Gasteiger partial charge on any atom is -0.306 e. The predicted molar refractivity (Wildman–Crippen MR) is 92.6 cm³/mol. The number of aromatic nitrogens is 3. The highest BCUT2D eigenvalue weighted by molar-refractivity contribution is 5.64. The van der Waals surface area contributed by atoms with Crippen LogP contribution in [-0.4, -0.2) is 14.5 Å². The monoisotopic (exact) mass is 303 g/mol. The molecule has 1 aliphatic carbocycles. The normalized spacial score (nSPS) is 16.1. The molecule has 0 aliphatic heterocycles. The molecule has 0 unspecified atom stereocenters. The van der Waals surface area contributed by atoms with Gasteiger partial charge in [0, 0.05) is 29.8 Å². The molecule has 0 amide bonds. The van der Waals surface area contributed by atoms with Crippen LogP contribution < -0.4 is 0 Å². The summed E-state index contributed by atoms with van der Waals surface area (Å²) in [7, 11) is 0. The fraction of sp³-hybridized carbons (Fsp3) is 0.300. The highest BCUT2D eigenvalue weighted by Crippen LogP contribution is 2.38. The molecular weight excluding hydrogens is 282 g/mol. The number of pyridine rings is 1. The second-order valence-corrected chi connectivity index (χ2v) is 7.17. The summed E-state index contributed by atoms with van der Waals surface area (Å²) in [6, 6.07) is 10.3. The molecule has 3 nitrogen and oxygen atoms in total. The third-order valence-corrected chi connectivity index (χ3v) is 4.78. The Hall–Kier alpha value is -2.42. The summed E-state index contributed by atoms with van der Waals surface area (Å²) in [4.78, 5) is 9.10. The second-order valence-electron chi connectivity index (χ2n) is 7.17. The van der Waals surface area contributed by atoms with Gasteiger partial charge in [-0.25, -0.2) is 4.98 Å². The Kier molecular flexibility index (Phi) is 3.29. The van der Waals surface area contributed by atoms with Gasteiger partial charge in [0.2, 0.25) is 0 Å². The number of rotatable bonds is 2. The largest absolute Gasteiger partial charge is 0.306 e. The molecule has 2 heterocycles. The van der Waals surface area contributed by atoms with Gasteiger partial charge in [-0.2, -0.15) is 0 Å². The third kappa shape index (κ3) is 2.67. The van der Waals surface area contributed by atoms with E-state index in [0.29, 0.717) is 5.41 Å². The van der Waals surface area contributed by atoms with Crippen LogP contribution in [0.2, 0.25) is 0 Å². The Morgan fingerprint density at radius 3 is 2.74 bits per heavy atom. The number of hydrogen-bond donors (Lipinski definition) is 0. The molecule has 0 N–H and O–H groups in total. The van der Waals surface area contributed by atoms with E-state index >= 15 is 0 Å². The summed E-state index contributed by atoms with van der Waals surface area (Å²) in [5.74, 6) is 0. The lowest BCUT2D eigenvalue weighted by atomic mass is 9.74. The van der Waals surface area contributed by atoms with Crippen molar-refractivity contribution in [2.75, 3.05) is 0 Å². The van der Waals surface area contributed by atoms with Gasteiger partial charge >= 0.3 is 0 Å². The Labute approximate surface area is 137 Å². The average Bonchev–Trinajstić information content (AvgIpc) is 3.04. The maximum atomic E-state index is 4.63. The van der Waals surface area contributed by atoms with Crippen LogP contribution >= 0.6 is 0 Å². The van der Waals surface area contributed by atoms with Gasteiger partial charge < -0.3 is 4.57 Å². The van der Waals surface area contributed by atoms with Crippen LogP contribution in [0.1, 0.15) is 31.4 Å². The van der Waals surface area contributed by atoms with E-state index in [0.717, 1.165) is 24.2 Å². The fourth-order valence-electron chi connectivity index (χ4n) is 3.47. The lowest BCUT2D eigenvalue weighted by Crippen LogP contribution is -2.22. The van der Waals surface area contributed by atoms with Crippen molar-refractivity contribution in [3.63, 3.8) is 0 Å². The van der Waals surface area contributed by atoms with E-state index in [1.807, 2.05) is 36.9 Å². The molecule has 4 rings (SSSR count). The van der Waals surface area contributed by atoms with Crippen LogP contribution in [0.4, 0.5) is 0 Å². The molecule has 0 bridgehead atoms. The first kappa shape index (κ1) is 14.2. The van der Waals surface area contributed by atoms with Crippen LogP contribution in [0.5, 0.6) is 0 Å². The van der Waals surface area contributed by atoms with Crippen molar-refractivity contribution in [2.24, 2.45) is 5.41 Å². The summed E-state index contributed by atoms with van der Waals surface area (Å²) in [5.41, 5.74) is 6.51. The van der Waals surface area contributed by atoms with Gasteiger partial charge in [-0.3, -0.25) is 4.98 Å². The van der Waals surface area contributed by atoms with Gasteiger partial charge in [0.15, 0.2) is 0 Å². The zero-order valence-corrected chi connectivity index (χ0v) is 13.7. The van der Waals surface area contributed by atoms with Crippen LogP contribution in [0, 0.1) is 5.41 Å². The first-order valence-corrected chi connectivity index (χ1v) is 8.18. The van der Waals surface area contributed by atoms with Crippen molar-refractivity contribution in [2.45, 2.75) is 33.1 Å². The molecule has 0 fully saturated rings. The minimum atomic E-state index is 0.372. The zero-order chi connectivity index (χ0) is 15.9. The molecular formula is C20H21N3. The molecule has 2 aromatic heterocycles. The van der Waals surface area contributed by atoms with Gasteiger partial charge in [0.25, 0.3) is 0 Å². The molecule has 1 aromatic carbocycles. The number of nitrogens with zero attached hydrogens (tertiary/aromatic N) is 3. The van der Waals surface area contributed by atoms with E-state index in [1.54, 1.807) is 0 Å². The average molecular weight is 303 g/mol. The summed E-state index contributed by atoms with van der Waals surface area (Å²) in [6.07, 6.45) is 11.4. The molecule has 3 aromatic rings. The first-order chi connectivity index (χ1) is 11.1. The van der Waals surface area contributed by atoms with Gasteiger partial charge in [-0.05, 0) is 47.9 Å². The van der Waals surface area contributed by atoms with Crippen molar-refractivity contribution in [3.8, 4) is 16.9 Å². The zero-order valence-electron chi connectivity index (χ0n) is 13.7. The van der Waals surface area contributed by atoms with Crippen LogP contribution in [0.25, 0.3) is 16.9 Å². The molecule has 0 atom stereocenters. The highest BCUT2D eigenvalue weighted by atomic mass is 15.0. The Morgan fingerprint density at radius 1 is 1.09 bits per heavy atom. The number of benzene rings is 1. The van der Waals surface area contributed by atoms with Crippen molar-refractivity contribution >= 4 is 0 Å². The molecule has 1 aliphatic rings. The van der Waals surface area contributed by atoms with E-state index in [9.17, 15) is 0 Å². The topological polar surface area (TPSA) is 30.7 Å². The molecule has 23 heavy (non-hydrogen) atoms. The summed E-state index contributed by atoms with van der Waals surface area (Å²) >= 11 is 0. The Bertz CT molecular complexity index is 831. The molecule has 0 spiro atoms. The van der Waals surface area contributed by atoms with Crippen LogP contribution in [0.3, 0.4) is 0 Å². The lowest BCUT2D eigenvalue weighted by molar-refractivity contribution is 0.315. The van der Waals surface area contributed by atoms with Gasteiger partial charge in [0.1, 0.15) is 0 Å². The van der Waals surface area contributed by atoms with Gasteiger partial charge in [-0.15, -0.1) is 0 Å².